The van der Waals surface area contributed by atoms with E-state index >= 15 is 0 Å². The van der Waals surface area contributed by atoms with E-state index in [9.17, 15) is 4.79 Å². The number of aromatic amines is 1. The van der Waals surface area contributed by atoms with Gasteiger partial charge in [-0.1, -0.05) is 12.1 Å². The number of nitrogens with one attached hydrogen (secondary N) is 2. The average Bonchev–Trinajstić information content (AvgIpc) is 2.68. The maximum atomic E-state index is 11.9. The second-order valence-corrected chi connectivity index (χ2v) is 6.06. The molecule has 0 aliphatic rings. The summed E-state index contributed by atoms with van der Waals surface area (Å²) < 4.78 is 5.15. The first kappa shape index (κ1) is 18.2. The van der Waals surface area contributed by atoms with Gasteiger partial charge in [-0.25, -0.2) is 10.4 Å². The second-order valence-electron chi connectivity index (χ2n) is 6.06. The summed E-state index contributed by atoms with van der Waals surface area (Å²) in [7, 11) is 5.58. The van der Waals surface area contributed by atoms with Crippen molar-refractivity contribution in [2.45, 2.75) is 0 Å². The van der Waals surface area contributed by atoms with Gasteiger partial charge in [0.25, 0.3) is 5.56 Å². The lowest BCUT2D eigenvalue weighted by Gasteiger charge is -2.11. The molecule has 2 aromatic carbocycles. The first-order chi connectivity index (χ1) is 13.0. The Hall–Kier alpha value is -3.61. The Morgan fingerprint density at radius 2 is 1.81 bits per heavy atom. The van der Waals surface area contributed by atoms with Gasteiger partial charge in [-0.05, 0) is 42.0 Å². The lowest BCUT2D eigenvalue weighted by Crippen LogP contribution is -2.10. The van der Waals surface area contributed by atoms with Gasteiger partial charge >= 0.3 is 0 Å². The predicted octanol–water partition coefficient (Wildman–Crippen LogP) is 2.96. The van der Waals surface area contributed by atoms with Gasteiger partial charge in [0.2, 0.25) is 5.95 Å². The van der Waals surface area contributed by atoms with Crippen LogP contribution in [0.5, 0.6) is 5.75 Å². The molecule has 0 aliphatic carbocycles. The van der Waals surface area contributed by atoms with Crippen LogP contribution in [0.1, 0.15) is 5.56 Å². The van der Waals surface area contributed by atoms with Crippen molar-refractivity contribution >= 4 is 17.9 Å². The van der Waals surface area contributed by atoms with E-state index in [0.717, 1.165) is 22.6 Å². The van der Waals surface area contributed by atoms with Gasteiger partial charge in [0, 0.05) is 31.4 Å². The van der Waals surface area contributed by atoms with Crippen molar-refractivity contribution < 1.29 is 4.74 Å². The molecule has 0 bridgehead atoms. The Bertz CT molecular complexity index is 977. The topological polar surface area (TPSA) is 82.6 Å². The van der Waals surface area contributed by atoms with Crippen molar-refractivity contribution in [1.82, 2.24) is 9.97 Å². The van der Waals surface area contributed by atoms with Crippen LogP contribution >= 0.6 is 0 Å². The molecule has 1 aromatic heterocycles. The summed E-state index contributed by atoms with van der Waals surface area (Å²) in [5.41, 5.74) is 5.92. The molecule has 0 atom stereocenters. The van der Waals surface area contributed by atoms with E-state index in [1.165, 1.54) is 6.07 Å². The number of hydrazone groups is 1. The van der Waals surface area contributed by atoms with Crippen LogP contribution in [0, 0.1) is 0 Å². The van der Waals surface area contributed by atoms with Crippen molar-refractivity contribution in [2.24, 2.45) is 5.10 Å². The standard InChI is InChI=1S/C20H21N5O2/c1-25(2)16-8-4-14(5-9-16)13-21-24-20-22-18(12-19(26)23-20)15-6-10-17(27-3)11-7-15/h4-13H,1-3H3,(H2,22,23,24,26)/b21-13-. The van der Waals surface area contributed by atoms with Crippen LogP contribution in [0.2, 0.25) is 0 Å². The number of nitrogens with zero attached hydrogens (tertiary/aromatic N) is 3. The molecule has 0 radical (unpaired) electrons. The van der Waals surface area contributed by atoms with E-state index in [0.29, 0.717) is 5.69 Å². The largest absolute Gasteiger partial charge is 0.497 e. The minimum atomic E-state index is -0.260. The molecule has 2 N–H and O–H groups in total. The molecule has 7 nitrogen and oxygen atoms in total. The summed E-state index contributed by atoms with van der Waals surface area (Å²) in [6.45, 7) is 0. The Kier molecular flexibility index (Phi) is 5.51. The fourth-order valence-electron chi connectivity index (χ4n) is 2.45. The molecule has 0 spiro atoms. The molecular weight excluding hydrogens is 342 g/mol. The van der Waals surface area contributed by atoms with Crippen LogP contribution in [0.4, 0.5) is 11.6 Å². The zero-order valence-corrected chi connectivity index (χ0v) is 15.4. The highest BCUT2D eigenvalue weighted by Gasteiger charge is 2.04. The van der Waals surface area contributed by atoms with Gasteiger partial charge in [-0.3, -0.25) is 9.78 Å². The smallest absolute Gasteiger partial charge is 0.252 e. The van der Waals surface area contributed by atoms with Gasteiger partial charge in [0.1, 0.15) is 5.75 Å². The first-order valence-corrected chi connectivity index (χ1v) is 8.37. The van der Waals surface area contributed by atoms with Crippen molar-refractivity contribution in [2.75, 3.05) is 31.5 Å². The number of rotatable bonds is 6. The number of ether oxygens (including phenoxy) is 1. The van der Waals surface area contributed by atoms with E-state index in [-0.39, 0.29) is 11.5 Å². The van der Waals surface area contributed by atoms with Crippen molar-refractivity contribution in [3.05, 3.63) is 70.5 Å². The molecule has 0 aliphatic heterocycles. The zero-order valence-electron chi connectivity index (χ0n) is 15.4. The monoisotopic (exact) mass is 363 g/mol. The van der Waals surface area contributed by atoms with E-state index in [1.807, 2.05) is 67.5 Å². The van der Waals surface area contributed by atoms with E-state index in [1.54, 1.807) is 13.3 Å². The normalized spacial score (nSPS) is 10.8. The van der Waals surface area contributed by atoms with Crippen molar-refractivity contribution in [3.63, 3.8) is 0 Å². The SMILES string of the molecule is COc1ccc(-c2cc(=O)[nH]c(N/N=C\c3ccc(N(C)C)cc3)n2)cc1. The van der Waals surface area contributed by atoms with Crippen LogP contribution in [-0.2, 0) is 0 Å². The minimum absolute atomic E-state index is 0.260. The Labute approximate surface area is 157 Å². The molecular formula is C20H21N5O2. The maximum Gasteiger partial charge on any atom is 0.252 e. The molecule has 0 unspecified atom stereocenters. The van der Waals surface area contributed by atoms with Gasteiger partial charge < -0.3 is 9.64 Å². The quantitative estimate of drug-likeness (QED) is 0.520. The molecule has 0 fully saturated rings. The molecule has 0 saturated heterocycles. The molecule has 138 valence electrons. The van der Waals surface area contributed by atoms with Gasteiger partial charge in [-0.15, -0.1) is 0 Å². The number of hydrogen-bond acceptors (Lipinski definition) is 6. The highest BCUT2D eigenvalue weighted by Crippen LogP contribution is 2.20. The number of aromatic nitrogens is 2. The van der Waals surface area contributed by atoms with Crippen molar-refractivity contribution in [1.29, 1.82) is 0 Å². The van der Waals surface area contributed by atoms with E-state index in [2.05, 4.69) is 20.5 Å². The van der Waals surface area contributed by atoms with Gasteiger partial charge in [-0.2, -0.15) is 5.10 Å². The van der Waals surface area contributed by atoms with Crippen LogP contribution in [0.25, 0.3) is 11.3 Å². The molecule has 3 rings (SSSR count). The Morgan fingerprint density at radius 1 is 1.11 bits per heavy atom. The summed E-state index contributed by atoms with van der Waals surface area (Å²) in [6.07, 6.45) is 1.67. The minimum Gasteiger partial charge on any atom is -0.497 e. The summed E-state index contributed by atoms with van der Waals surface area (Å²) in [4.78, 5) is 21.0. The summed E-state index contributed by atoms with van der Waals surface area (Å²) in [5, 5.41) is 4.15. The van der Waals surface area contributed by atoms with Gasteiger partial charge in [0.05, 0.1) is 19.0 Å². The number of H-pyrrole nitrogens is 1. The van der Waals surface area contributed by atoms with E-state index < -0.39 is 0 Å². The lowest BCUT2D eigenvalue weighted by molar-refractivity contribution is 0.415. The summed E-state index contributed by atoms with van der Waals surface area (Å²) >= 11 is 0. The average molecular weight is 363 g/mol. The first-order valence-electron chi connectivity index (χ1n) is 8.37. The molecule has 7 heteroatoms. The van der Waals surface area contributed by atoms with Crippen molar-refractivity contribution in [3.8, 4) is 17.0 Å². The molecule has 27 heavy (non-hydrogen) atoms. The van der Waals surface area contributed by atoms with Crippen LogP contribution in [0.15, 0.2) is 64.5 Å². The fourth-order valence-corrected chi connectivity index (χ4v) is 2.45. The third kappa shape index (κ3) is 4.72. The van der Waals surface area contributed by atoms with Gasteiger partial charge in [0.15, 0.2) is 0 Å². The Balaban J connectivity index is 1.75. The Morgan fingerprint density at radius 3 is 2.44 bits per heavy atom. The fraction of sp³-hybridized carbons (Fsp3) is 0.150. The maximum absolute atomic E-state index is 11.9. The number of methoxy groups -OCH3 is 1. The zero-order chi connectivity index (χ0) is 19.2. The number of benzene rings is 2. The molecule has 3 aromatic rings. The van der Waals surface area contributed by atoms with E-state index in [4.69, 9.17) is 4.74 Å². The predicted molar refractivity (Wildman–Crippen MR) is 109 cm³/mol. The van der Waals surface area contributed by atoms with Crippen LogP contribution in [0.3, 0.4) is 0 Å². The molecule has 1 heterocycles. The summed E-state index contributed by atoms with van der Waals surface area (Å²) in [5.74, 6) is 1.02. The molecule has 0 amide bonds. The second kappa shape index (κ2) is 8.18. The highest BCUT2D eigenvalue weighted by molar-refractivity contribution is 5.80. The van der Waals surface area contributed by atoms with Crippen LogP contribution < -0.4 is 20.6 Å². The summed E-state index contributed by atoms with van der Waals surface area (Å²) in [6, 6.07) is 16.7. The lowest BCUT2D eigenvalue weighted by atomic mass is 10.1. The third-order valence-corrected chi connectivity index (χ3v) is 3.92. The number of hydrogen-bond donors (Lipinski definition) is 2. The highest BCUT2D eigenvalue weighted by atomic mass is 16.5. The third-order valence-electron chi connectivity index (χ3n) is 3.92. The number of anilines is 2. The van der Waals surface area contributed by atoms with Crippen LogP contribution in [-0.4, -0.2) is 37.4 Å². The molecule has 0 saturated carbocycles.